The molecule has 5 rings (SSSR count). The van der Waals surface area contributed by atoms with Crippen molar-refractivity contribution in [3.63, 3.8) is 0 Å². The number of hydrogen-bond donors (Lipinski definition) is 2. The van der Waals surface area contributed by atoms with Gasteiger partial charge in [0.05, 0.1) is 0 Å². The zero-order valence-corrected chi connectivity index (χ0v) is 19.1. The molecule has 0 aliphatic carbocycles. The van der Waals surface area contributed by atoms with Crippen molar-refractivity contribution in [3.05, 3.63) is 82.9 Å². The first-order chi connectivity index (χ1) is 16.5. The summed E-state index contributed by atoms with van der Waals surface area (Å²) in [5.74, 6) is -0.936. The van der Waals surface area contributed by atoms with Gasteiger partial charge in [0.25, 0.3) is 5.91 Å². The highest BCUT2D eigenvalue weighted by Gasteiger charge is 2.40. The van der Waals surface area contributed by atoms with E-state index < -0.39 is 30.6 Å². The zero-order valence-electron chi connectivity index (χ0n) is 18.3. The van der Waals surface area contributed by atoms with Gasteiger partial charge in [-0.1, -0.05) is 66.2 Å². The third-order valence-electron chi connectivity index (χ3n) is 6.20. The molecular weight excluding hydrogens is 454 g/mol. The average Bonchev–Trinajstić information content (AvgIpc) is 3.14. The van der Waals surface area contributed by atoms with Crippen molar-refractivity contribution in [2.75, 3.05) is 6.54 Å². The van der Waals surface area contributed by atoms with Crippen LogP contribution in [0.15, 0.2) is 77.0 Å². The van der Waals surface area contributed by atoms with Crippen LogP contribution in [0.2, 0.25) is 5.02 Å². The zero-order chi connectivity index (χ0) is 23.7. The number of fused-ring (bicyclic) bond motifs is 3. The smallest absolute Gasteiger partial charge is 0.267 e. The van der Waals surface area contributed by atoms with Crippen LogP contribution in [-0.2, 0) is 20.7 Å². The molecule has 1 fully saturated rings. The fourth-order valence-corrected chi connectivity index (χ4v) is 4.69. The van der Waals surface area contributed by atoms with Gasteiger partial charge in [0.15, 0.2) is 12.5 Å². The van der Waals surface area contributed by atoms with Crippen molar-refractivity contribution in [2.45, 2.75) is 37.5 Å². The summed E-state index contributed by atoms with van der Waals surface area (Å²) in [6, 6.07) is 20.1. The van der Waals surface area contributed by atoms with Crippen LogP contribution in [0.25, 0.3) is 10.8 Å². The summed E-state index contributed by atoms with van der Waals surface area (Å²) in [6.45, 7) is 0.301. The molecule has 2 amide bonds. The van der Waals surface area contributed by atoms with Crippen molar-refractivity contribution in [1.82, 2.24) is 10.2 Å². The molecule has 9 heteroatoms. The molecule has 3 aromatic carbocycles. The van der Waals surface area contributed by atoms with E-state index in [1.54, 1.807) is 18.2 Å². The molecule has 2 heterocycles. The molecule has 3 N–H and O–H groups in total. The first-order valence-electron chi connectivity index (χ1n) is 11.1. The number of amides is 2. The molecule has 2 bridgehead atoms. The summed E-state index contributed by atoms with van der Waals surface area (Å²) in [4.78, 5) is 27.7. The topological polar surface area (TPSA) is 109 Å². The van der Waals surface area contributed by atoms with Crippen LogP contribution in [0.4, 0.5) is 0 Å². The quantitative estimate of drug-likeness (QED) is 0.585. The van der Waals surface area contributed by atoms with E-state index in [-0.39, 0.29) is 5.91 Å². The number of ether oxygens (including phenoxy) is 1. The van der Waals surface area contributed by atoms with Crippen molar-refractivity contribution in [1.29, 1.82) is 0 Å². The van der Waals surface area contributed by atoms with E-state index in [2.05, 4.69) is 15.5 Å². The van der Waals surface area contributed by atoms with Gasteiger partial charge in [-0.3, -0.25) is 14.9 Å². The van der Waals surface area contributed by atoms with Gasteiger partial charge >= 0.3 is 0 Å². The minimum atomic E-state index is -1.03. The Morgan fingerprint density at radius 3 is 2.76 bits per heavy atom. The van der Waals surface area contributed by atoms with Gasteiger partial charge < -0.3 is 15.4 Å². The number of nitrogens with one attached hydrogen (secondary N) is 1. The molecule has 4 atom stereocenters. The molecular formula is C25H24ClN5O3. The Kier molecular flexibility index (Phi) is 6.28. The highest BCUT2D eigenvalue weighted by atomic mass is 35.5. The maximum Gasteiger partial charge on any atom is 0.267 e. The first kappa shape index (κ1) is 22.5. The molecule has 2 aliphatic heterocycles. The summed E-state index contributed by atoms with van der Waals surface area (Å²) < 4.78 is 6.02. The molecule has 3 aromatic rings. The molecule has 8 nitrogen and oxygen atoms in total. The number of nitrogens with zero attached hydrogens (tertiary/aromatic N) is 3. The lowest BCUT2D eigenvalue weighted by Crippen LogP contribution is -2.54. The first-order valence-corrected chi connectivity index (χ1v) is 11.5. The molecule has 4 unspecified atom stereocenters. The molecule has 174 valence electrons. The highest BCUT2D eigenvalue weighted by Crippen LogP contribution is 2.29. The van der Waals surface area contributed by atoms with Crippen LogP contribution < -0.4 is 11.1 Å². The Bertz CT molecular complexity index is 1260. The van der Waals surface area contributed by atoms with Gasteiger partial charge in [-0.2, -0.15) is 10.2 Å². The minimum Gasteiger partial charge on any atom is -0.368 e. The summed E-state index contributed by atoms with van der Waals surface area (Å²) >= 11 is 6.12. The van der Waals surface area contributed by atoms with Gasteiger partial charge in [0.1, 0.15) is 12.2 Å². The molecule has 1 saturated heterocycles. The van der Waals surface area contributed by atoms with E-state index in [0.29, 0.717) is 30.0 Å². The molecule has 0 spiro atoms. The Hall–Kier alpha value is -3.33. The summed E-state index contributed by atoms with van der Waals surface area (Å²) in [5.41, 5.74) is 7.46. The lowest BCUT2D eigenvalue weighted by molar-refractivity contribution is -0.153. The van der Waals surface area contributed by atoms with Crippen LogP contribution in [0, 0.1) is 0 Å². The number of primary amides is 1. The van der Waals surface area contributed by atoms with Crippen molar-refractivity contribution < 1.29 is 14.3 Å². The predicted octanol–water partition coefficient (Wildman–Crippen LogP) is 3.54. The Morgan fingerprint density at radius 2 is 1.94 bits per heavy atom. The Morgan fingerprint density at radius 1 is 1.15 bits per heavy atom. The number of rotatable bonds is 5. The van der Waals surface area contributed by atoms with Crippen LogP contribution in [0.5, 0.6) is 0 Å². The summed E-state index contributed by atoms with van der Waals surface area (Å²) in [5, 5.41) is 14.3. The molecule has 2 aliphatic rings. The summed E-state index contributed by atoms with van der Waals surface area (Å²) in [7, 11) is 0. The lowest BCUT2D eigenvalue weighted by Gasteiger charge is -2.31. The molecule has 0 saturated carbocycles. The normalized spacial score (nSPS) is 23.4. The van der Waals surface area contributed by atoms with Gasteiger partial charge in [0.2, 0.25) is 5.91 Å². The second-order valence-corrected chi connectivity index (χ2v) is 8.85. The van der Waals surface area contributed by atoms with Crippen molar-refractivity contribution in [3.8, 4) is 0 Å². The van der Waals surface area contributed by atoms with Gasteiger partial charge in [0, 0.05) is 30.0 Å². The van der Waals surface area contributed by atoms with E-state index in [4.69, 9.17) is 22.1 Å². The Labute approximate surface area is 201 Å². The molecule has 0 aromatic heterocycles. The SMILES string of the molecule is NC(=O)C(Cc1cccc2ccccc12)N1CCC2N=NC(c3cccc(Cl)c3)OC(N2)C1=O. The lowest BCUT2D eigenvalue weighted by atomic mass is 9.97. The summed E-state index contributed by atoms with van der Waals surface area (Å²) in [6.07, 6.45) is -1.47. The molecule has 34 heavy (non-hydrogen) atoms. The predicted molar refractivity (Wildman–Crippen MR) is 128 cm³/mol. The third-order valence-corrected chi connectivity index (χ3v) is 6.44. The van der Waals surface area contributed by atoms with Crippen LogP contribution in [0.1, 0.15) is 23.8 Å². The van der Waals surface area contributed by atoms with Crippen LogP contribution in [0.3, 0.4) is 0 Å². The minimum absolute atomic E-state index is 0.301. The van der Waals surface area contributed by atoms with Crippen molar-refractivity contribution >= 4 is 34.2 Å². The second kappa shape index (κ2) is 9.50. The highest BCUT2D eigenvalue weighted by molar-refractivity contribution is 6.30. The van der Waals surface area contributed by atoms with Gasteiger partial charge in [-0.15, -0.1) is 0 Å². The second-order valence-electron chi connectivity index (χ2n) is 8.42. The fourth-order valence-electron chi connectivity index (χ4n) is 4.50. The largest absolute Gasteiger partial charge is 0.368 e. The van der Waals surface area contributed by atoms with Crippen LogP contribution >= 0.6 is 11.6 Å². The van der Waals surface area contributed by atoms with Gasteiger partial charge in [-0.05, 0) is 28.5 Å². The molecule has 0 radical (unpaired) electrons. The van der Waals surface area contributed by atoms with E-state index in [1.165, 1.54) is 4.90 Å². The number of hydrogen-bond acceptors (Lipinski definition) is 6. The standard InChI is InChI=1S/C25H24ClN5O3/c26-18-9-4-8-17(13-18)23-30-29-21-11-12-31(25(33)24(28-21)34-23)20(22(27)32)14-16-7-3-6-15-5-1-2-10-19(15)16/h1-10,13,20-21,23-24,28H,11-12,14H2,(H2,27,32). The van der Waals surface area contributed by atoms with Crippen molar-refractivity contribution in [2.24, 2.45) is 16.0 Å². The van der Waals surface area contributed by atoms with Gasteiger partial charge in [-0.25, -0.2) is 0 Å². The van der Waals surface area contributed by atoms with E-state index >= 15 is 0 Å². The fraction of sp³-hybridized carbons (Fsp3) is 0.280. The van der Waals surface area contributed by atoms with E-state index in [9.17, 15) is 9.59 Å². The van der Waals surface area contributed by atoms with E-state index in [1.807, 2.05) is 48.5 Å². The number of halogens is 1. The number of nitrogens with two attached hydrogens (primary N) is 1. The number of carbonyl (C=O) groups is 2. The van der Waals surface area contributed by atoms with E-state index in [0.717, 1.165) is 16.3 Å². The maximum atomic E-state index is 13.6. The maximum absolute atomic E-state index is 13.6. The Balaban J connectivity index is 1.43. The van der Waals surface area contributed by atoms with Crippen LogP contribution in [-0.4, -0.2) is 41.7 Å². The number of benzene rings is 3. The average molecular weight is 478 g/mol. The number of carbonyl (C=O) groups excluding carboxylic acids is 2. The number of azo groups is 1. The third kappa shape index (κ3) is 4.52. The monoisotopic (exact) mass is 477 g/mol.